The third-order valence-corrected chi connectivity index (χ3v) is 8.23. The van der Waals surface area contributed by atoms with E-state index in [-0.39, 0.29) is 23.0 Å². The Labute approximate surface area is 200 Å². The van der Waals surface area contributed by atoms with Gasteiger partial charge < -0.3 is 14.6 Å². The Balaban J connectivity index is 1.48. The number of nitrogens with one attached hydrogen (secondary N) is 1. The lowest BCUT2D eigenvalue weighted by Crippen LogP contribution is -2.56. The molecule has 0 bridgehead atoms. The van der Waals surface area contributed by atoms with Crippen LogP contribution in [0.2, 0.25) is 0 Å². The molecule has 0 aromatic carbocycles. The highest BCUT2D eigenvalue weighted by Crippen LogP contribution is 2.38. The Morgan fingerprint density at radius 1 is 1.21 bits per heavy atom. The highest BCUT2D eigenvalue weighted by Gasteiger charge is 2.44. The summed E-state index contributed by atoms with van der Waals surface area (Å²) in [6, 6.07) is 0.0173. The van der Waals surface area contributed by atoms with Crippen LogP contribution in [0.15, 0.2) is 23.7 Å². The predicted octanol–water partition coefficient (Wildman–Crippen LogP) is 2.17. The van der Waals surface area contributed by atoms with Gasteiger partial charge in [0.1, 0.15) is 0 Å². The van der Waals surface area contributed by atoms with Gasteiger partial charge >= 0.3 is 0 Å². The number of carbonyl (C=O) groups excluding carboxylic acids is 1. The molecule has 0 spiro atoms. The monoisotopic (exact) mass is 491 g/mol. The molecular formula is C22H33N7O4S. The van der Waals surface area contributed by atoms with Crippen LogP contribution < -0.4 is 15.0 Å². The second kappa shape index (κ2) is 9.14. The first kappa shape index (κ1) is 24.4. The molecule has 2 aliphatic rings. The van der Waals surface area contributed by atoms with Crippen molar-refractivity contribution in [3.05, 3.63) is 18.7 Å². The number of sulfonamides is 1. The first-order chi connectivity index (χ1) is 16.1. The fraction of sp³-hybridized carbons (Fsp3) is 0.636. The summed E-state index contributed by atoms with van der Waals surface area (Å²) in [5.41, 5.74) is -0.986. The molecular weight excluding hydrogens is 458 g/mol. The Bertz CT molecular complexity index is 1150. The number of anilines is 2. The molecule has 1 saturated heterocycles. The number of rotatable bonds is 7. The molecule has 0 aliphatic carbocycles. The molecule has 1 amide bonds. The van der Waals surface area contributed by atoms with E-state index >= 15 is 0 Å². The van der Waals surface area contributed by atoms with Crippen molar-refractivity contribution in [2.24, 2.45) is 7.05 Å². The number of piperidine rings is 1. The number of aryl methyl sites for hydroxylation is 1. The van der Waals surface area contributed by atoms with Gasteiger partial charge in [0.15, 0.2) is 22.2 Å². The van der Waals surface area contributed by atoms with Gasteiger partial charge in [-0.3, -0.25) is 9.69 Å². The van der Waals surface area contributed by atoms with Crippen molar-refractivity contribution in [1.82, 2.24) is 23.8 Å². The van der Waals surface area contributed by atoms with Crippen molar-refractivity contribution in [3.8, 4) is 5.75 Å². The van der Waals surface area contributed by atoms with Crippen molar-refractivity contribution in [3.63, 3.8) is 0 Å². The molecule has 2 aliphatic heterocycles. The first-order valence-corrected chi connectivity index (χ1v) is 13.1. The lowest BCUT2D eigenvalue weighted by molar-refractivity contribution is -0.133. The van der Waals surface area contributed by atoms with Gasteiger partial charge in [0.25, 0.3) is 15.9 Å². The van der Waals surface area contributed by atoms with Crippen molar-refractivity contribution in [2.45, 2.75) is 76.1 Å². The minimum Gasteiger partial charge on any atom is -0.472 e. The molecule has 4 heterocycles. The molecule has 0 unspecified atom stereocenters. The summed E-state index contributed by atoms with van der Waals surface area (Å²) < 4.78 is 34.6. The standard InChI is InChI=1S/C22H33N7O4S/c1-6-16(7-2)29-19-17(33-22(3,4)20(29)30)12-23-21(26-19)25-15-8-10-28(11-9-15)34(31,32)18-13-27(5)14-24-18/h12-16H,6-11H2,1-5H3,(H,23,25,26). The van der Waals surface area contributed by atoms with E-state index in [0.717, 1.165) is 12.8 Å². The topological polar surface area (TPSA) is 123 Å². The van der Waals surface area contributed by atoms with Crippen molar-refractivity contribution >= 4 is 27.7 Å². The lowest BCUT2D eigenvalue weighted by atomic mass is 10.0. The van der Waals surface area contributed by atoms with Crippen LogP contribution in [-0.2, 0) is 21.9 Å². The van der Waals surface area contributed by atoms with E-state index in [1.165, 1.54) is 16.8 Å². The summed E-state index contributed by atoms with van der Waals surface area (Å²) in [7, 11) is -1.87. The Hall–Kier alpha value is -2.73. The number of hydrogen-bond acceptors (Lipinski definition) is 8. The van der Waals surface area contributed by atoms with E-state index in [0.29, 0.717) is 43.4 Å². The van der Waals surface area contributed by atoms with Crippen LogP contribution in [0.3, 0.4) is 0 Å². The summed E-state index contributed by atoms with van der Waals surface area (Å²) in [5.74, 6) is 1.24. The smallest absolute Gasteiger partial charge is 0.272 e. The molecule has 1 fully saturated rings. The van der Waals surface area contributed by atoms with Crippen LogP contribution in [0.1, 0.15) is 53.4 Å². The maximum atomic E-state index is 13.2. The van der Waals surface area contributed by atoms with Crippen molar-refractivity contribution < 1.29 is 17.9 Å². The van der Waals surface area contributed by atoms with Crippen LogP contribution in [0.4, 0.5) is 11.8 Å². The van der Waals surface area contributed by atoms with E-state index in [4.69, 9.17) is 4.74 Å². The van der Waals surface area contributed by atoms with E-state index in [1.807, 2.05) is 0 Å². The molecule has 0 radical (unpaired) electrons. The molecule has 12 heteroatoms. The second-order valence-electron chi connectivity index (χ2n) is 9.34. The van der Waals surface area contributed by atoms with Gasteiger partial charge in [-0.2, -0.15) is 9.29 Å². The minimum absolute atomic E-state index is 0.00600. The number of ether oxygens (including phenoxy) is 1. The highest BCUT2D eigenvalue weighted by atomic mass is 32.2. The number of amides is 1. The molecule has 11 nitrogen and oxygen atoms in total. The summed E-state index contributed by atoms with van der Waals surface area (Å²) >= 11 is 0. The minimum atomic E-state index is -3.61. The van der Waals surface area contributed by atoms with Gasteiger partial charge in [-0.05, 0) is 39.5 Å². The molecule has 1 N–H and O–H groups in total. The van der Waals surface area contributed by atoms with Crippen LogP contribution >= 0.6 is 0 Å². The van der Waals surface area contributed by atoms with Gasteiger partial charge in [-0.15, -0.1) is 0 Å². The van der Waals surface area contributed by atoms with Crippen LogP contribution in [0.25, 0.3) is 0 Å². The molecule has 34 heavy (non-hydrogen) atoms. The van der Waals surface area contributed by atoms with E-state index in [9.17, 15) is 13.2 Å². The number of fused-ring (bicyclic) bond motifs is 1. The second-order valence-corrected chi connectivity index (χ2v) is 11.2. The number of imidazole rings is 1. The molecule has 0 saturated carbocycles. The van der Waals surface area contributed by atoms with Crippen molar-refractivity contribution in [2.75, 3.05) is 23.3 Å². The fourth-order valence-electron chi connectivity index (χ4n) is 4.45. The molecule has 4 rings (SSSR count). The Kier molecular flexibility index (Phi) is 6.56. The maximum Gasteiger partial charge on any atom is 0.272 e. The third kappa shape index (κ3) is 4.48. The number of nitrogens with zero attached hydrogens (tertiary/aromatic N) is 6. The van der Waals surface area contributed by atoms with Gasteiger partial charge in [0.2, 0.25) is 5.95 Å². The largest absolute Gasteiger partial charge is 0.472 e. The fourth-order valence-corrected chi connectivity index (χ4v) is 5.89. The summed E-state index contributed by atoms with van der Waals surface area (Å²) in [6.07, 6.45) is 7.40. The molecule has 186 valence electrons. The molecule has 0 atom stereocenters. The van der Waals surface area contributed by atoms with Gasteiger partial charge in [0.05, 0.1) is 12.5 Å². The van der Waals surface area contributed by atoms with E-state index in [1.54, 1.807) is 36.6 Å². The quantitative estimate of drug-likeness (QED) is 0.625. The van der Waals surface area contributed by atoms with E-state index in [2.05, 4.69) is 34.1 Å². The van der Waals surface area contributed by atoms with Crippen LogP contribution in [0.5, 0.6) is 5.75 Å². The maximum absolute atomic E-state index is 13.2. The zero-order valence-electron chi connectivity index (χ0n) is 20.4. The van der Waals surface area contributed by atoms with Gasteiger partial charge in [0, 0.05) is 38.4 Å². The van der Waals surface area contributed by atoms with Crippen LogP contribution in [-0.4, -0.2) is 68.9 Å². The summed E-state index contributed by atoms with van der Waals surface area (Å²) in [6.45, 7) is 8.36. The highest BCUT2D eigenvalue weighted by molar-refractivity contribution is 7.89. The zero-order chi connectivity index (χ0) is 24.7. The number of carbonyl (C=O) groups is 1. The third-order valence-electron chi connectivity index (χ3n) is 6.44. The van der Waals surface area contributed by atoms with Gasteiger partial charge in [-0.25, -0.2) is 18.4 Å². The summed E-state index contributed by atoms with van der Waals surface area (Å²) in [4.78, 5) is 28.0. The molecule has 2 aromatic rings. The first-order valence-electron chi connectivity index (χ1n) is 11.7. The number of hydrogen-bond donors (Lipinski definition) is 1. The molecule has 2 aromatic heterocycles. The Morgan fingerprint density at radius 3 is 2.47 bits per heavy atom. The average Bonchev–Trinajstić information content (AvgIpc) is 3.25. The van der Waals surface area contributed by atoms with Gasteiger partial charge in [-0.1, -0.05) is 13.8 Å². The van der Waals surface area contributed by atoms with Crippen LogP contribution in [0, 0.1) is 0 Å². The zero-order valence-corrected chi connectivity index (χ0v) is 21.2. The number of aromatic nitrogens is 4. The lowest BCUT2D eigenvalue weighted by Gasteiger charge is -2.41. The summed E-state index contributed by atoms with van der Waals surface area (Å²) in [5, 5.41) is 3.38. The van der Waals surface area contributed by atoms with Crippen molar-refractivity contribution in [1.29, 1.82) is 0 Å². The Morgan fingerprint density at radius 2 is 1.88 bits per heavy atom. The average molecular weight is 492 g/mol. The predicted molar refractivity (Wildman–Crippen MR) is 127 cm³/mol. The SMILES string of the molecule is CCC(CC)N1C(=O)C(C)(C)Oc2cnc(NC3CCN(S(=O)(=O)c4cn(C)cn4)CC3)nc21. The van der Waals surface area contributed by atoms with E-state index < -0.39 is 15.6 Å². The normalized spacial score (nSPS) is 19.2.